The van der Waals surface area contributed by atoms with Gasteiger partial charge in [0.15, 0.2) is 0 Å². The number of hydrogen-bond acceptors (Lipinski definition) is 2. The summed E-state index contributed by atoms with van der Waals surface area (Å²) in [6.45, 7) is 0. The van der Waals surface area contributed by atoms with E-state index < -0.39 is 0 Å². The number of aromatic nitrogens is 3. The van der Waals surface area contributed by atoms with Gasteiger partial charge in [-0.15, -0.1) is 0 Å². The summed E-state index contributed by atoms with van der Waals surface area (Å²) in [6.07, 6.45) is 0. The third kappa shape index (κ3) is 4.45. The van der Waals surface area contributed by atoms with Crippen molar-refractivity contribution < 1.29 is 0 Å². The van der Waals surface area contributed by atoms with E-state index >= 15 is 0 Å². The highest BCUT2D eigenvalue weighted by Crippen LogP contribution is 2.40. The van der Waals surface area contributed by atoms with Crippen molar-refractivity contribution >= 4 is 65.4 Å². The molecular weight excluding hydrogens is 671 g/mol. The molecule has 0 spiro atoms. The van der Waals surface area contributed by atoms with Gasteiger partial charge in [0, 0.05) is 43.7 Å². The Balaban J connectivity index is 1.11. The molecule has 11 rings (SSSR count). The standard InChI is InChI=1S/C50H29N5/c51-30-32-27-35(29-37(28-32)53-46-20-8-4-15-42(46)49-34(31-52)11-9-21-47(49)53)33-23-25-36(26-24-33)54-43-17-5-3-14-40(43)41-16-10-22-48(50(41)54)55-44-18-6-1-12-38(44)39-13-2-7-19-45(39)55/h1-29H. The Morgan fingerprint density at radius 3 is 1.56 bits per heavy atom. The maximum Gasteiger partial charge on any atom is 0.0998 e. The van der Waals surface area contributed by atoms with E-state index in [0.717, 1.165) is 61.0 Å². The molecule has 3 heterocycles. The molecule has 55 heavy (non-hydrogen) atoms. The zero-order valence-corrected chi connectivity index (χ0v) is 29.5. The zero-order chi connectivity index (χ0) is 36.6. The molecule has 0 aliphatic heterocycles. The van der Waals surface area contributed by atoms with Crippen molar-refractivity contribution in [1.29, 1.82) is 10.5 Å². The van der Waals surface area contributed by atoms with E-state index in [4.69, 9.17) is 0 Å². The van der Waals surface area contributed by atoms with Crippen molar-refractivity contribution in [3.63, 3.8) is 0 Å². The number of hydrogen-bond donors (Lipinski definition) is 0. The van der Waals surface area contributed by atoms with Gasteiger partial charge in [-0.3, -0.25) is 0 Å². The summed E-state index contributed by atoms with van der Waals surface area (Å²) in [5.41, 5.74) is 12.7. The smallest absolute Gasteiger partial charge is 0.0998 e. The second kappa shape index (κ2) is 11.8. The molecule has 0 N–H and O–H groups in total. The minimum absolute atomic E-state index is 0.567. The van der Waals surface area contributed by atoms with E-state index in [9.17, 15) is 10.5 Å². The highest BCUT2D eigenvalue weighted by Gasteiger charge is 2.20. The van der Waals surface area contributed by atoms with Crippen molar-refractivity contribution in [2.24, 2.45) is 0 Å². The summed E-state index contributed by atoms with van der Waals surface area (Å²) in [6, 6.07) is 66.0. The molecule has 0 aliphatic carbocycles. The van der Waals surface area contributed by atoms with Crippen LogP contribution in [-0.2, 0) is 0 Å². The first-order chi connectivity index (χ1) is 27.2. The van der Waals surface area contributed by atoms with Crippen LogP contribution in [-0.4, -0.2) is 13.7 Å². The average Bonchev–Trinajstić information content (AvgIpc) is 3.90. The van der Waals surface area contributed by atoms with Crippen LogP contribution >= 0.6 is 0 Å². The molecule has 0 amide bonds. The monoisotopic (exact) mass is 699 g/mol. The van der Waals surface area contributed by atoms with Crippen molar-refractivity contribution in [3.05, 3.63) is 187 Å². The zero-order valence-electron chi connectivity index (χ0n) is 29.5. The fraction of sp³-hybridized carbons (Fsp3) is 0. The summed E-state index contributed by atoms with van der Waals surface area (Å²) in [5, 5.41) is 27.0. The summed E-state index contributed by atoms with van der Waals surface area (Å²) >= 11 is 0. The van der Waals surface area contributed by atoms with Gasteiger partial charge >= 0.3 is 0 Å². The van der Waals surface area contributed by atoms with Gasteiger partial charge < -0.3 is 13.7 Å². The number of benzene rings is 8. The minimum atomic E-state index is 0.567. The van der Waals surface area contributed by atoms with Crippen LogP contribution in [0.25, 0.3) is 93.6 Å². The number of para-hydroxylation sites is 5. The SMILES string of the molecule is N#Cc1cc(-c2ccc(-n3c4ccccc4c4cccc(-n5c6ccccc6c6ccccc65)c43)cc2)cc(-n2c3ccccc3c3c(C#N)cccc32)c1. The first kappa shape index (κ1) is 30.7. The molecule has 3 aromatic heterocycles. The molecule has 0 saturated heterocycles. The lowest BCUT2D eigenvalue weighted by Crippen LogP contribution is -2.00. The normalized spacial score (nSPS) is 11.6. The fourth-order valence-electron chi connectivity index (χ4n) is 8.80. The number of nitrogens with zero attached hydrogens (tertiary/aromatic N) is 5. The summed E-state index contributed by atoms with van der Waals surface area (Å²) in [7, 11) is 0. The van der Waals surface area contributed by atoms with Gasteiger partial charge in [0.2, 0.25) is 0 Å². The van der Waals surface area contributed by atoms with Gasteiger partial charge in [-0.2, -0.15) is 10.5 Å². The van der Waals surface area contributed by atoms with Crippen LogP contribution in [0, 0.1) is 22.7 Å². The Kier molecular flexibility index (Phi) is 6.61. The van der Waals surface area contributed by atoms with Gasteiger partial charge in [-0.25, -0.2) is 0 Å². The highest BCUT2D eigenvalue weighted by atomic mass is 15.1. The van der Waals surface area contributed by atoms with E-state index in [0.29, 0.717) is 11.1 Å². The number of fused-ring (bicyclic) bond motifs is 9. The van der Waals surface area contributed by atoms with Crippen molar-refractivity contribution in [2.75, 3.05) is 0 Å². The largest absolute Gasteiger partial charge is 0.309 e. The van der Waals surface area contributed by atoms with Crippen molar-refractivity contribution in [2.45, 2.75) is 0 Å². The van der Waals surface area contributed by atoms with Crippen LogP contribution in [0.4, 0.5) is 0 Å². The van der Waals surface area contributed by atoms with Gasteiger partial charge in [-0.05, 0) is 83.9 Å². The van der Waals surface area contributed by atoms with Crippen molar-refractivity contribution in [1.82, 2.24) is 13.7 Å². The Morgan fingerprint density at radius 1 is 0.364 bits per heavy atom. The first-order valence-electron chi connectivity index (χ1n) is 18.3. The summed E-state index contributed by atoms with van der Waals surface area (Å²) < 4.78 is 6.95. The fourth-order valence-corrected chi connectivity index (χ4v) is 8.80. The van der Waals surface area contributed by atoms with Crippen LogP contribution in [0.15, 0.2) is 176 Å². The Morgan fingerprint density at radius 2 is 0.909 bits per heavy atom. The highest BCUT2D eigenvalue weighted by molar-refractivity contribution is 6.15. The van der Waals surface area contributed by atoms with E-state index in [2.05, 4.69) is 159 Å². The first-order valence-corrected chi connectivity index (χ1v) is 18.3. The van der Waals surface area contributed by atoms with E-state index in [1.165, 1.54) is 32.6 Å². The molecule has 11 aromatic rings. The molecule has 0 bridgehead atoms. The minimum Gasteiger partial charge on any atom is -0.309 e. The number of rotatable bonds is 4. The van der Waals surface area contributed by atoms with E-state index in [1.807, 2.05) is 42.5 Å². The molecule has 0 aliphatic rings. The molecule has 0 atom stereocenters. The Hall–Kier alpha value is -7.86. The molecule has 0 radical (unpaired) electrons. The van der Waals surface area contributed by atoms with Crippen molar-refractivity contribution in [3.8, 4) is 40.3 Å². The van der Waals surface area contributed by atoms with E-state index in [1.54, 1.807) is 0 Å². The molecule has 254 valence electrons. The quantitative estimate of drug-likeness (QED) is 0.184. The lowest BCUT2D eigenvalue weighted by atomic mass is 10.0. The summed E-state index contributed by atoms with van der Waals surface area (Å²) in [5.74, 6) is 0. The third-order valence-electron chi connectivity index (χ3n) is 11.1. The molecule has 8 aromatic carbocycles. The van der Waals surface area contributed by atoms with Crippen LogP contribution in [0.1, 0.15) is 11.1 Å². The van der Waals surface area contributed by atoms with Gasteiger partial charge in [-0.1, -0.05) is 103 Å². The second-order valence-corrected chi connectivity index (χ2v) is 14.0. The molecule has 5 nitrogen and oxygen atoms in total. The Labute approximate surface area is 316 Å². The van der Waals surface area contributed by atoms with Crippen LogP contribution < -0.4 is 0 Å². The predicted molar refractivity (Wildman–Crippen MR) is 224 cm³/mol. The summed E-state index contributed by atoms with van der Waals surface area (Å²) in [4.78, 5) is 0. The van der Waals surface area contributed by atoms with Gasteiger partial charge in [0.25, 0.3) is 0 Å². The predicted octanol–water partition coefficient (Wildman–Crippen LogP) is 12.4. The molecular formula is C50H29N5. The van der Waals surface area contributed by atoms with Gasteiger partial charge in [0.05, 0.1) is 62.1 Å². The number of nitriles is 2. The molecule has 5 heteroatoms. The third-order valence-corrected chi connectivity index (χ3v) is 11.1. The average molecular weight is 700 g/mol. The second-order valence-electron chi connectivity index (χ2n) is 14.0. The molecule has 0 unspecified atom stereocenters. The van der Waals surface area contributed by atoms with Crippen LogP contribution in [0.2, 0.25) is 0 Å². The lowest BCUT2D eigenvalue weighted by molar-refractivity contribution is 1.13. The maximum atomic E-state index is 10.2. The lowest BCUT2D eigenvalue weighted by Gasteiger charge is -2.15. The molecule has 0 fully saturated rings. The van der Waals surface area contributed by atoms with E-state index in [-0.39, 0.29) is 0 Å². The van der Waals surface area contributed by atoms with Gasteiger partial charge in [0.1, 0.15) is 0 Å². The van der Waals surface area contributed by atoms with Crippen LogP contribution in [0.5, 0.6) is 0 Å². The topological polar surface area (TPSA) is 62.4 Å². The van der Waals surface area contributed by atoms with Crippen LogP contribution in [0.3, 0.4) is 0 Å². The molecule has 0 saturated carbocycles. The maximum absolute atomic E-state index is 10.2. The Bertz CT molecular complexity index is 3400.